The number of hydrogen-bond donors (Lipinski definition) is 5. The molecule has 0 unspecified atom stereocenters. The fraction of sp³-hybridized carbons (Fsp3) is 0.571. The van der Waals surface area contributed by atoms with Crippen LogP contribution in [0.2, 0.25) is 0 Å². The van der Waals surface area contributed by atoms with E-state index in [2.05, 4.69) is 10.3 Å². The van der Waals surface area contributed by atoms with Crippen LogP contribution in [0, 0.1) is 0 Å². The molecule has 7 heteroatoms. The van der Waals surface area contributed by atoms with E-state index in [0.717, 1.165) is 36.9 Å². The van der Waals surface area contributed by atoms with Gasteiger partial charge in [0.2, 0.25) is 0 Å². The second-order valence-electron chi connectivity index (χ2n) is 5.38. The van der Waals surface area contributed by atoms with E-state index in [1.807, 2.05) is 0 Å². The van der Waals surface area contributed by atoms with Gasteiger partial charge in [-0.15, -0.1) is 0 Å². The molecule has 2 rings (SSSR count). The van der Waals surface area contributed by atoms with Gasteiger partial charge >= 0.3 is 5.97 Å². The molecule has 7 nitrogen and oxygen atoms in total. The van der Waals surface area contributed by atoms with Crippen LogP contribution in [0.4, 0.5) is 5.82 Å². The molecule has 0 fully saturated rings. The summed E-state index contributed by atoms with van der Waals surface area (Å²) in [4.78, 5) is 15.7. The highest BCUT2D eigenvalue weighted by Crippen LogP contribution is 2.26. The van der Waals surface area contributed by atoms with Crippen molar-refractivity contribution in [1.29, 1.82) is 0 Å². The molecule has 5 N–H and O–H groups in total. The number of carboxylic acids is 1. The molecule has 1 aliphatic carbocycles. The highest BCUT2D eigenvalue weighted by Gasteiger charge is 2.31. The number of aromatic nitrogens is 1. The molecule has 1 heterocycles. The Hall–Kier alpha value is -1.70. The zero-order chi connectivity index (χ0) is 15.5. The van der Waals surface area contributed by atoms with Crippen molar-refractivity contribution in [2.24, 2.45) is 0 Å². The number of carboxylic acid groups (broad SMARTS) is 1. The van der Waals surface area contributed by atoms with Gasteiger partial charge in [0.15, 0.2) is 0 Å². The average Bonchev–Trinajstić information content (AvgIpc) is 2.51. The number of aliphatic hydroxyl groups excluding tert-OH is 3. The Kier molecular flexibility index (Phi) is 4.76. The predicted octanol–water partition coefficient (Wildman–Crippen LogP) is -0.214. The van der Waals surface area contributed by atoms with Crippen molar-refractivity contribution in [3.8, 4) is 0 Å². The summed E-state index contributed by atoms with van der Waals surface area (Å²) in [5, 5.41) is 40.1. The van der Waals surface area contributed by atoms with E-state index < -0.39 is 31.3 Å². The summed E-state index contributed by atoms with van der Waals surface area (Å²) in [6.45, 7) is -1.63. The molecule has 1 aliphatic rings. The van der Waals surface area contributed by atoms with Crippen molar-refractivity contribution in [1.82, 2.24) is 4.98 Å². The third-order valence-corrected chi connectivity index (χ3v) is 3.82. The lowest BCUT2D eigenvalue weighted by Gasteiger charge is -2.30. The Bertz CT molecular complexity index is 520. The second kappa shape index (κ2) is 6.38. The minimum absolute atomic E-state index is 0.0182. The van der Waals surface area contributed by atoms with Crippen molar-refractivity contribution in [3.63, 3.8) is 0 Å². The van der Waals surface area contributed by atoms with E-state index in [9.17, 15) is 25.2 Å². The SMILES string of the molecule is O=C(O)c1cc2c(nc1NC(CO)(CO)CO)CCCC2. The largest absolute Gasteiger partial charge is 0.478 e. The van der Waals surface area contributed by atoms with Gasteiger partial charge in [0.25, 0.3) is 0 Å². The number of aliphatic hydroxyl groups is 3. The maximum atomic E-state index is 11.4. The average molecular weight is 296 g/mol. The Balaban J connectivity index is 2.43. The lowest BCUT2D eigenvalue weighted by atomic mass is 9.94. The Morgan fingerprint density at radius 1 is 1.19 bits per heavy atom. The van der Waals surface area contributed by atoms with Gasteiger partial charge in [-0.25, -0.2) is 9.78 Å². The van der Waals surface area contributed by atoms with Crippen molar-refractivity contribution in [3.05, 3.63) is 22.9 Å². The van der Waals surface area contributed by atoms with Crippen LogP contribution in [-0.2, 0) is 12.8 Å². The second-order valence-corrected chi connectivity index (χ2v) is 5.38. The Morgan fingerprint density at radius 3 is 2.38 bits per heavy atom. The molecule has 0 aromatic carbocycles. The van der Waals surface area contributed by atoms with E-state index >= 15 is 0 Å². The van der Waals surface area contributed by atoms with E-state index in [4.69, 9.17) is 0 Å². The summed E-state index contributed by atoms with van der Waals surface area (Å²) in [5.74, 6) is -1.07. The predicted molar refractivity (Wildman–Crippen MR) is 75.4 cm³/mol. The first-order valence-corrected chi connectivity index (χ1v) is 6.92. The summed E-state index contributed by atoms with van der Waals surface area (Å²) in [6.07, 6.45) is 3.58. The topological polar surface area (TPSA) is 123 Å². The molecule has 0 aliphatic heterocycles. The van der Waals surface area contributed by atoms with Gasteiger partial charge in [-0.05, 0) is 37.3 Å². The number of carbonyl (C=O) groups is 1. The number of nitrogens with zero attached hydrogens (tertiary/aromatic N) is 1. The third-order valence-electron chi connectivity index (χ3n) is 3.82. The number of pyridine rings is 1. The molecule has 0 atom stereocenters. The minimum atomic E-state index is -1.40. The number of nitrogens with one attached hydrogen (secondary N) is 1. The zero-order valence-electron chi connectivity index (χ0n) is 11.7. The number of hydrogen-bond acceptors (Lipinski definition) is 6. The fourth-order valence-corrected chi connectivity index (χ4v) is 2.41. The lowest BCUT2D eigenvalue weighted by molar-refractivity contribution is 0.0691. The smallest absolute Gasteiger partial charge is 0.339 e. The first-order valence-electron chi connectivity index (χ1n) is 6.92. The molecule has 0 saturated carbocycles. The van der Waals surface area contributed by atoms with E-state index in [0.29, 0.717) is 0 Å². The fourth-order valence-electron chi connectivity index (χ4n) is 2.41. The maximum absolute atomic E-state index is 11.4. The van der Waals surface area contributed by atoms with Crippen LogP contribution in [0.25, 0.3) is 0 Å². The molecule has 0 saturated heterocycles. The molecule has 0 amide bonds. The molecule has 1 aromatic heterocycles. The highest BCUT2D eigenvalue weighted by atomic mass is 16.4. The number of anilines is 1. The van der Waals surface area contributed by atoms with Crippen LogP contribution in [0.15, 0.2) is 6.07 Å². The van der Waals surface area contributed by atoms with E-state index in [1.165, 1.54) is 0 Å². The van der Waals surface area contributed by atoms with Crippen molar-refractivity contribution < 1.29 is 25.2 Å². The number of fused-ring (bicyclic) bond motifs is 1. The van der Waals surface area contributed by atoms with E-state index in [1.54, 1.807) is 6.07 Å². The van der Waals surface area contributed by atoms with Crippen molar-refractivity contribution in [2.45, 2.75) is 31.2 Å². The summed E-state index contributed by atoms with van der Waals surface area (Å²) in [5.41, 5.74) is 0.332. The summed E-state index contributed by atoms with van der Waals surface area (Å²) < 4.78 is 0. The zero-order valence-corrected chi connectivity index (χ0v) is 11.7. The van der Waals surface area contributed by atoms with Gasteiger partial charge in [0.05, 0.1) is 19.8 Å². The normalized spacial score (nSPS) is 14.6. The number of rotatable bonds is 6. The Labute approximate surface area is 122 Å². The molecular weight excluding hydrogens is 276 g/mol. The molecule has 0 radical (unpaired) electrons. The molecule has 21 heavy (non-hydrogen) atoms. The first kappa shape index (κ1) is 15.7. The number of aromatic carboxylic acids is 1. The minimum Gasteiger partial charge on any atom is -0.478 e. The molecular formula is C14H20N2O5. The number of aryl methyl sites for hydroxylation is 2. The van der Waals surface area contributed by atoms with Gasteiger partial charge in [-0.1, -0.05) is 0 Å². The maximum Gasteiger partial charge on any atom is 0.339 e. The van der Waals surface area contributed by atoms with Crippen LogP contribution < -0.4 is 5.32 Å². The van der Waals surface area contributed by atoms with Crippen molar-refractivity contribution in [2.75, 3.05) is 25.1 Å². The van der Waals surface area contributed by atoms with Crippen LogP contribution in [-0.4, -0.2) is 56.7 Å². The van der Waals surface area contributed by atoms with Crippen LogP contribution in [0.1, 0.15) is 34.5 Å². The van der Waals surface area contributed by atoms with Gasteiger partial charge in [0, 0.05) is 5.69 Å². The molecule has 0 bridgehead atoms. The van der Waals surface area contributed by atoms with Crippen LogP contribution in [0.3, 0.4) is 0 Å². The molecule has 1 aromatic rings. The Morgan fingerprint density at radius 2 is 1.81 bits per heavy atom. The van der Waals surface area contributed by atoms with Gasteiger partial charge in [-0.2, -0.15) is 0 Å². The molecule has 116 valence electrons. The standard InChI is InChI=1S/C14H20N2O5/c17-6-14(7-18,8-19)16-12-10(13(20)21)5-9-3-1-2-4-11(9)15-12/h5,17-19H,1-4,6-8H2,(H,15,16)(H,20,21). The summed E-state index contributed by atoms with van der Waals surface area (Å²) in [7, 11) is 0. The monoisotopic (exact) mass is 296 g/mol. The lowest BCUT2D eigenvalue weighted by Crippen LogP contribution is -2.49. The van der Waals surface area contributed by atoms with Crippen LogP contribution >= 0.6 is 0 Å². The van der Waals surface area contributed by atoms with E-state index in [-0.39, 0.29) is 11.4 Å². The van der Waals surface area contributed by atoms with Gasteiger partial charge in [0.1, 0.15) is 16.9 Å². The first-order chi connectivity index (χ1) is 10.0. The quantitative estimate of drug-likeness (QED) is 0.492. The van der Waals surface area contributed by atoms with Gasteiger partial charge in [-0.3, -0.25) is 0 Å². The highest BCUT2D eigenvalue weighted by molar-refractivity contribution is 5.93. The van der Waals surface area contributed by atoms with Gasteiger partial charge < -0.3 is 25.7 Å². The van der Waals surface area contributed by atoms with Crippen molar-refractivity contribution >= 4 is 11.8 Å². The van der Waals surface area contributed by atoms with Crippen LogP contribution in [0.5, 0.6) is 0 Å². The summed E-state index contributed by atoms with van der Waals surface area (Å²) >= 11 is 0. The summed E-state index contributed by atoms with van der Waals surface area (Å²) in [6, 6.07) is 1.59. The molecule has 0 spiro atoms. The third kappa shape index (κ3) is 3.15.